The molecule has 0 heterocycles. The first-order valence-corrected chi connectivity index (χ1v) is 13.3. The van der Waals surface area contributed by atoms with Crippen molar-refractivity contribution >= 4 is 59.1 Å². The Kier molecular flexibility index (Phi) is 9.50. The number of benzene rings is 2. The zero-order chi connectivity index (χ0) is 23.4. The van der Waals surface area contributed by atoms with Gasteiger partial charge in [0.25, 0.3) is 0 Å². The van der Waals surface area contributed by atoms with Gasteiger partial charge in [-0.15, -0.1) is 0 Å². The van der Waals surface area contributed by atoms with Gasteiger partial charge in [-0.25, -0.2) is 25.3 Å². The molecule has 2 aromatic carbocycles. The quantitative estimate of drug-likeness (QED) is 0.240. The number of hydrogen-bond donors (Lipinski definition) is 0. The Hall–Kier alpha value is -1.91. The first kappa shape index (κ1) is 28.1. The van der Waals surface area contributed by atoms with Crippen molar-refractivity contribution in [3.8, 4) is 0 Å². The molecule has 0 amide bonds. The van der Waals surface area contributed by atoms with Crippen LogP contribution in [0.15, 0.2) is 70.5 Å². The van der Waals surface area contributed by atoms with Crippen LogP contribution >= 0.6 is 0 Å². The molecule has 2 aromatic rings. The van der Waals surface area contributed by atoms with Crippen LogP contribution in [0.1, 0.15) is 0 Å². The van der Waals surface area contributed by atoms with Crippen LogP contribution in [0.5, 0.6) is 0 Å². The molecule has 1 radical (unpaired) electrons. The maximum absolute atomic E-state index is 12.5. The summed E-state index contributed by atoms with van der Waals surface area (Å²) in [6.07, 6.45) is 0. The van der Waals surface area contributed by atoms with Gasteiger partial charge >= 0.3 is 10.7 Å². The molecule has 169 valence electrons. The topological polar surface area (TPSA) is 189 Å². The van der Waals surface area contributed by atoms with Crippen molar-refractivity contribution in [2.24, 2.45) is 0 Å². The minimum Gasteiger partial charge on any atom is -0.263 e. The van der Waals surface area contributed by atoms with Crippen molar-refractivity contribution in [2.75, 3.05) is 11.5 Å². The van der Waals surface area contributed by atoms with Crippen molar-refractivity contribution in [1.29, 1.82) is 0 Å². The molecule has 32 heavy (non-hydrogen) atoms. The van der Waals surface area contributed by atoms with Gasteiger partial charge in [-0.3, -0.25) is 20.2 Å². The molecule has 0 saturated heterocycles. The fraction of sp³-hybridized carbons (Fsp3) is 0.250. The molecule has 0 aliphatic rings. The second-order valence-corrected chi connectivity index (χ2v) is 12.6. The van der Waals surface area contributed by atoms with Crippen molar-refractivity contribution in [3.63, 3.8) is 0 Å². The molecule has 12 nitrogen and oxygen atoms in total. The fourth-order valence-corrected chi connectivity index (χ4v) is 8.64. The van der Waals surface area contributed by atoms with Gasteiger partial charge in [-0.05, 0) is 24.3 Å². The Bertz CT molecular complexity index is 1190. The van der Waals surface area contributed by atoms with Crippen LogP contribution in [-0.2, 0) is 29.5 Å². The third kappa shape index (κ3) is 6.55. The number of rotatable bonds is 10. The molecular formula is C16H16N2NaO10S3. The molecule has 0 saturated carbocycles. The summed E-state index contributed by atoms with van der Waals surface area (Å²) in [6, 6.07) is 12.1. The third-order valence-corrected chi connectivity index (χ3v) is 10.2. The molecule has 2 atom stereocenters. The van der Waals surface area contributed by atoms with Gasteiger partial charge in [0.05, 0.1) is 9.79 Å². The smallest absolute Gasteiger partial charge is 0.263 e. The van der Waals surface area contributed by atoms with E-state index in [1.807, 2.05) is 0 Å². The number of nitrogens with zero attached hydrogens (tertiary/aromatic N) is 2. The van der Waals surface area contributed by atoms with E-state index in [0.29, 0.717) is 0 Å². The Balaban J connectivity index is 0.00000512. The van der Waals surface area contributed by atoms with E-state index in [4.69, 9.17) is 0 Å². The minimum atomic E-state index is -4.89. The Morgan fingerprint density at radius 1 is 0.625 bits per heavy atom. The molecule has 0 aliphatic heterocycles. The van der Waals surface area contributed by atoms with E-state index in [1.54, 1.807) is 0 Å². The van der Waals surface area contributed by atoms with Crippen LogP contribution in [0.25, 0.3) is 0 Å². The summed E-state index contributed by atoms with van der Waals surface area (Å²) in [7, 11) is -14.4. The maximum atomic E-state index is 12.5. The molecule has 2 rings (SSSR count). The van der Waals surface area contributed by atoms with Gasteiger partial charge in [0.15, 0.2) is 9.84 Å². The predicted molar refractivity (Wildman–Crippen MR) is 113 cm³/mol. The monoisotopic (exact) mass is 515 g/mol. The number of nitro groups is 2. The van der Waals surface area contributed by atoms with E-state index in [2.05, 4.69) is 0 Å². The Morgan fingerprint density at radius 3 is 1.16 bits per heavy atom. The normalized spacial score (nSPS) is 14.0. The molecule has 0 aromatic heterocycles. The molecule has 0 fully saturated rings. The summed E-state index contributed by atoms with van der Waals surface area (Å²) in [4.78, 5) is 19.0. The summed E-state index contributed by atoms with van der Waals surface area (Å²) < 4.78 is 75.1. The zero-order valence-corrected chi connectivity index (χ0v) is 21.0. The number of hydrogen-bond acceptors (Lipinski definition) is 10. The molecule has 0 aliphatic carbocycles. The van der Waals surface area contributed by atoms with Gasteiger partial charge in [-0.1, -0.05) is 36.4 Å². The summed E-state index contributed by atoms with van der Waals surface area (Å²) in [6.45, 7) is 0. The average molecular weight is 515 g/mol. The van der Waals surface area contributed by atoms with E-state index in [0.717, 1.165) is 24.3 Å². The van der Waals surface area contributed by atoms with E-state index < -0.39 is 71.4 Å². The largest absolute Gasteiger partial charge is 0.328 e. The van der Waals surface area contributed by atoms with E-state index in [1.165, 1.54) is 36.4 Å². The SMILES string of the molecule is O=[N+]([O-])C(CS(=O)(=O)CC([N+](=O)[O-])S(=O)(=O)c1ccccc1)S(=O)(=O)c1ccccc1.[Na]. The van der Waals surface area contributed by atoms with Crippen molar-refractivity contribution < 1.29 is 35.1 Å². The second kappa shape index (κ2) is 10.8. The zero-order valence-electron chi connectivity index (χ0n) is 16.5. The molecule has 16 heteroatoms. The van der Waals surface area contributed by atoms with Crippen LogP contribution in [-0.4, -0.2) is 86.9 Å². The second-order valence-electron chi connectivity index (χ2n) is 6.27. The van der Waals surface area contributed by atoms with Gasteiger partial charge in [0, 0.05) is 39.4 Å². The maximum Gasteiger partial charge on any atom is 0.328 e. The van der Waals surface area contributed by atoms with Crippen molar-refractivity contribution in [3.05, 3.63) is 80.9 Å². The number of sulfone groups is 3. The third-order valence-electron chi connectivity index (χ3n) is 4.12. The van der Waals surface area contributed by atoms with Gasteiger partial charge in [0.1, 0.15) is 11.5 Å². The summed E-state index contributed by atoms with van der Waals surface area (Å²) >= 11 is 0. The van der Waals surface area contributed by atoms with Crippen LogP contribution in [0, 0.1) is 20.2 Å². The predicted octanol–water partition coefficient (Wildman–Crippen LogP) is 0.174. The standard InChI is InChI=1S/C16H16N2O10S3.Na/c19-17(20)15(30(25,26)13-7-3-1-4-8-13)11-29(23,24)12-16(18(21)22)31(27,28)14-9-5-2-6-10-14;/h1-10,15-16H,11-12H2;. The molecule has 2 unspecified atom stereocenters. The fourth-order valence-electron chi connectivity index (χ4n) is 2.56. The van der Waals surface area contributed by atoms with Gasteiger partial charge in [-0.2, -0.15) is 0 Å². The van der Waals surface area contributed by atoms with Crippen LogP contribution in [0.4, 0.5) is 0 Å². The summed E-state index contributed by atoms with van der Waals surface area (Å²) in [5.41, 5.74) is 0. The average Bonchev–Trinajstić information content (AvgIpc) is 2.71. The van der Waals surface area contributed by atoms with Gasteiger partial charge in [0.2, 0.25) is 19.7 Å². The van der Waals surface area contributed by atoms with Gasteiger partial charge < -0.3 is 0 Å². The summed E-state index contributed by atoms with van der Waals surface area (Å²) in [5, 5.41) is 17.3. The molecule has 0 bridgehead atoms. The van der Waals surface area contributed by atoms with E-state index in [9.17, 15) is 45.5 Å². The van der Waals surface area contributed by atoms with Crippen LogP contribution in [0.3, 0.4) is 0 Å². The van der Waals surface area contributed by atoms with Crippen molar-refractivity contribution in [1.82, 2.24) is 0 Å². The molecular weight excluding hydrogens is 499 g/mol. The Labute approximate surface area is 206 Å². The molecule has 0 N–H and O–H groups in total. The first-order chi connectivity index (χ1) is 14.3. The Morgan fingerprint density at radius 2 is 0.906 bits per heavy atom. The van der Waals surface area contributed by atoms with Crippen molar-refractivity contribution in [2.45, 2.75) is 20.5 Å². The van der Waals surface area contributed by atoms with Crippen LogP contribution < -0.4 is 0 Å². The van der Waals surface area contributed by atoms with E-state index in [-0.39, 0.29) is 29.6 Å². The first-order valence-electron chi connectivity index (χ1n) is 8.34. The summed E-state index contributed by atoms with van der Waals surface area (Å²) in [5.74, 6) is -3.27. The van der Waals surface area contributed by atoms with E-state index >= 15 is 0 Å². The minimum absolute atomic E-state index is 0. The molecule has 0 spiro atoms. The van der Waals surface area contributed by atoms with Crippen LogP contribution in [0.2, 0.25) is 0 Å².